The van der Waals surface area contributed by atoms with E-state index in [1.807, 2.05) is 42.7 Å². The average molecular weight is 402 g/mol. The fraction of sp³-hybridized carbons (Fsp3) is 0.400. The van der Waals surface area contributed by atoms with Gasteiger partial charge in [0.25, 0.3) is 0 Å². The molecule has 0 bridgehead atoms. The first-order valence-electron chi connectivity index (χ1n) is 8.98. The van der Waals surface area contributed by atoms with Gasteiger partial charge in [0.2, 0.25) is 5.95 Å². The van der Waals surface area contributed by atoms with Crippen LogP contribution in [0.4, 0.5) is 10.7 Å². The van der Waals surface area contributed by atoms with Gasteiger partial charge in [0.15, 0.2) is 5.82 Å². The molecule has 1 aromatic carbocycles. The summed E-state index contributed by atoms with van der Waals surface area (Å²) in [6.07, 6.45) is 7.26. The number of aromatic nitrogens is 3. The maximum Gasteiger partial charge on any atom is 0.321 e. The largest absolute Gasteiger partial charge is 0.486 e. The highest BCUT2D eigenvalue weighted by atomic mass is 32.2. The fourth-order valence-electron chi connectivity index (χ4n) is 2.20. The van der Waals surface area contributed by atoms with E-state index < -0.39 is 0 Å². The second kappa shape index (κ2) is 10.7. The molecule has 0 aliphatic heterocycles. The number of nitrogens with one attached hydrogen (secondary N) is 2. The molecule has 0 fully saturated rings. The van der Waals surface area contributed by atoms with E-state index in [2.05, 4.69) is 46.4 Å². The average Bonchev–Trinajstić information content (AvgIpc) is 2.66. The maximum atomic E-state index is 11.9. The summed E-state index contributed by atoms with van der Waals surface area (Å²) in [5, 5.41) is 5.30. The van der Waals surface area contributed by atoms with Gasteiger partial charge in [-0.2, -0.15) is 16.7 Å². The number of rotatable bonds is 8. The third-order valence-corrected chi connectivity index (χ3v) is 4.27. The lowest BCUT2D eigenvalue weighted by atomic mass is 9.87. The Morgan fingerprint density at radius 3 is 2.61 bits per heavy atom. The lowest BCUT2D eigenvalue weighted by Crippen LogP contribution is -2.29. The first kappa shape index (κ1) is 21.7. The molecule has 0 radical (unpaired) electrons. The highest BCUT2D eigenvalue weighted by molar-refractivity contribution is 7.98. The molecule has 0 aliphatic carbocycles. The number of urea groups is 1. The number of ether oxygens (including phenoxy) is 1. The number of anilines is 1. The third kappa shape index (κ3) is 7.56. The number of carbonyl (C=O) groups excluding carboxylic acids is 1. The number of benzene rings is 1. The smallest absolute Gasteiger partial charge is 0.321 e. The quantitative estimate of drug-likeness (QED) is 0.654. The van der Waals surface area contributed by atoms with Gasteiger partial charge in [0.1, 0.15) is 18.7 Å². The number of amides is 2. The summed E-state index contributed by atoms with van der Waals surface area (Å²) in [6, 6.07) is 7.59. The molecule has 0 atom stereocenters. The Labute approximate surface area is 170 Å². The number of nitrogens with zero attached hydrogens (tertiary/aromatic N) is 3. The van der Waals surface area contributed by atoms with Crippen molar-refractivity contribution in [1.29, 1.82) is 0 Å². The number of thioether (sulfide) groups is 1. The van der Waals surface area contributed by atoms with Crippen molar-refractivity contribution in [3.8, 4) is 5.75 Å². The minimum atomic E-state index is -0.371. The van der Waals surface area contributed by atoms with E-state index in [9.17, 15) is 4.79 Å². The minimum absolute atomic E-state index is 0.0959. The first-order chi connectivity index (χ1) is 13.4. The Morgan fingerprint density at radius 2 is 1.93 bits per heavy atom. The van der Waals surface area contributed by atoms with Crippen LogP contribution in [0.2, 0.25) is 0 Å². The Hall–Kier alpha value is -2.61. The van der Waals surface area contributed by atoms with Gasteiger partial charge in [-0.05, 0) is 29.4 Å². The van der Waals surface area contributed by atoms with Crippen LogP contribution in [0, 0.1) is 0 Å². The number of hydrogen-bond acceptors (Lipinski definition) is 6. The van der Waals surface area contributed by atoms with Crippen molar-refractivity contribution in [3.05, 3.63) is 54.1 Å². The molecule has 0 saturated heterocycles. The second-order valence-corrected chi connectivity index (χ2v) is 7.96. The van der Waals surface area contributed by atoms with Gasteiger partial charge in [-0.15, -0.1) is 0 Å². The van der Waals surface area contributed by atoms with E-state index in [0.717, 1.165) is 11.5 Å². The summed E-state index contributed by atoms with van der Waals surface area (Å²) < 4.78 is 5.73. The molecule has 7 nitrogen and oxygen atoms in total. The normalized spacial score (nSPS) is 11.4. The summed E-state index contributed by atoms with van der Waals surface area (Å²) in [6.45, 7) is 7.12. The molecule has 2 rings (SSSR count). The molecule has 8 heteroatoms. The highest BCUT2D eigenvalue weighted by Crippen LogP contribution is 2.24. The molecule has 28 heavy (non-hydrogen) atoms. The van der Waals surface area contributed by atoms with Gasteiger partial charge in [-0.3, -0.25) is 5.32 Å². The lowest BCUT2D eigenvalue weighted by Gasteiger charge is -2.19. The van der Waals surface area contributed by atoms with Crippen LogP contribution in [-0.2, 0) is 12.0 Å². The van der Waals surface area contributed by atoms with Crippen LogP contribution in [0.1, 0.15) is 32.2 Å². The summed E-state index contributed by atoms with van der Waals surface area (Å²) >= 11 is 1.72. The molecule has 1 heterocycles. The minimum Gasteiger partial charge on any atom is -0.486 e. The molecule has 2 N–H and O–H groups in total. The van der Waals surface area contributed by atoms with Crippen molar-refractivity contribution in [1.82, 2.24) is 20.3 Å². The predicted molar refractivity (Wildman–Crippen MR) is 114 cm³/mol. The summed E-state index contributed by atoms with van der Waals surface area (Å²) in [7, 11) is 0. The standard InChI is InChI=1S/C20H27N5O2S/c1-20(2,3)15-7-9-16(10-8-15)27-13-17-22-14-23-18(24-17)25-19(26)21-11-5-6-12-28-4/h5-10,14H,11-13H2,1-4H3,(H2,21,22,23,24,25,26). The molecule has 2 aromatic rings. The lowest BCUT2D eigenvalue weighted by molar-refractivity contribution is 0.253. The van der Waals surface area contributed by atoms with Crippen molar-refractivity contribution in [3.63, 3.8) is 0 Å². The molecule has 0 saturated carbocycles. The molecular weight excluding hydrogens is 374 g/mol. The molecule has 150 valence electrons. The van der Waals surface area contributed by atoms with Crippen LogP contribution in [-0.4, -0.2) is 39.5 Å². The summed E-state index contributed by atoms with van der Waals surface area (Å²) in [5.74, 6) is 2.27. The third-order valence-electron chi connectivity index (χ3n) is 3.75. The van der Waals surface area contributed by atoms with Crippen LogP contribution < -0.4 is 15.4 Å². The van der Waals surface area contributed by atoms with Crippen LogP contribution in [0.5, 0.6) is 5.75 Å². The monoisotopic (exact) mass is 401 g/mol. The van der Waals surface area contributed by atoms with E-state index in [1.165, 1.54) is 11.9 Å². The fourth-order valence-corrected chi connectivity index (χ4v) is 2.53. The second-order valence-electron chi connectivity index (χ2n) is 7.05. The molecule has 0 unspecified atom stereocenters. The van der Waals surface area contributed by atoms with Gasteiger partial charge >= 0.3 is 6.03 Å². The van der Waals surface area contributed by atoms with Gasteiger partial charge in [0, 0.05) is 12.3 Å². The van der Waals surface area contributed by atoms with Crippen LogP contribution >= 0.6 is 11.8 Å². The van der Waals surface area contributed by atoms with Crippen molar-refractivity contribution in [2.45, 2.75) is 32.8 Å². The Balaban J connectivity index is 1.85. The van der Waals surface area contributed by atoms with Gasteiger partial charge in [-0.1, -0.05) is 45.1 Å². The van der Waals surface area contributed by atoms with Crippen LogP contribution in [0.25, 0.3) is 0 Å². The van der Waals surface area contributed by atoms with E-state index in [4.69, 9.17) is 4.74 Å². The summed E-state index contributed by atoms with van der Waals surface area (Å²) in [5.41, 5.74) is 1.33. The van der Waals surface area contributed by atoms with Crippen molar-refractivity contribution < 1.29 is 9.53 Å². The number of hydrogen-bond donors (Lipinski definition) is 2. The van der Waals surface area contributed by atoms with Gasteiger partial charge in [-0.25, -0.2) is 14.8 Å². The van der Waals surface area contributed by atoms with E-state index in [0.29, 0.717) is 12.4 Å². The van der Waals surface area contributed by atoms with E-state index in [-0.39, 0.29) is 24.0 Å². The van der Waals surface area contributed by atoms with Gasteiger partial charge < -0.3 is 10.1 Å². The Bertz CT molecular complexity index is 788. The molecule has 1 aromatic heterocycles. The van der Waals surface area contributed by atoms with E-state index in [1.54, 1.807) is 11.8 Å². The molecular formula is C20H27N5O2S. The summed E-state index contributed by atoms with van der Waals surface area (Å²) in [4.78, 5) is 24.1. The van der Waals surface area contributed by atoms with Crippen molar-refractivity contribution in [2.24, 2.45) is 0 Å². The zero-order chi connectivity index (χ0) is 20.4. The predicted octanol–water partition coefficient (Wildman–Crippen LogP) is 3.79. The zero-order valence-electron chi connectivity index (χ0n) is 16.7. The maximum absolute atomic E-state index is 11.9. The topological polar surface area (TPSA) is 89.0 Å². The first-order valence-corrected chi connectivity index (χ1v) is 10.4. The SMILES string of the molecule is CSCC=CCNC(=O)Nc1ncnc(COc2ccc(C(C)(C)C)cc2)n1. The van der Waals surface area contributed by atoms with Crippen LogP contribution in [0.15, 0.2) is 42.7 Å². The number of carbonyl (C=O) groups is 1. The molecule has 0 spiro atoms. The Kier molecular flexibility index (Phi) is 8.25. The van der Waals surface area contributed by atoms with Crippen molar-refractivity contribution in [2.75, 3.05) is 23.9 Å². The molecule has 0 aliphatic rings. The molecule has 2 amide bonds. The zero-order valence-corrected chi connectivity index (χ0v) is 17.5. The van der Waals surface area contributed by atoms with Crippen molar-refractivity contribution >= 4 is 23.7 Å². The van der Waals surface area contributed by atoms with E-state index >= 15 is 0 Å². The Morgan fingerprint density at radius 1 is 1.18 bits per heavy atom. The van der Waals surface area contributed by atoms with Gasteiger partial charge in [0.05, 0.1) is 0 Å². The van der Waals surface area contributed by atoms with Crippen LogP contribution in [0.3, 0.4) is 0 Å². The highest BCUT2D eigenvalue weighted by Gasteiger charge is 2.13.